The third kappa shape index (κ3) is 16.8. The standard InChI is InChI=1S/C9H10O.C3H10N2.2C2H6/c1-7-3-8(2)5-9(4-7)6-10;1-5-3-2-4;2*1-2/h3-6H,1-2H3;5H,2-4H2,1H3;2*1-2H3. The summed E-state index contributed by atoms with van der Waals surface area (Å²) in [6, 6.07) is 5.80. The van der Waals surface area contributed by atoms with Crippen LogP contribution in [-0.4, -0.2) is 26.4 Å². The van der Waals surface area contributed by atoms with E-state index >= 15 is 0 Å². The van der Waals surface area contributed by atoms with E-state index in [-0.39, 0.29) is 0 Å². The number of hydrogen-bond donors (Lipinski definition) is 2. The van der Waals surface area contributed by atoms with Gasteiger partial charge in [0.1, 0.15) is 6.29 Å². The summed E-state index contributed by atoms with van der Waals surface area (Å²) in [6.07, 6.45) is 0.875. The topological polar surface area (TPSA) is 55.1 Å². The summed E-state index contributed by atoms with van der Waals surface area (Å²) in [5, 5.41) is 2.89. The molecule has 0 aromatic heterocycles. The van der Waals surface area contributed by atoms with E-state index in [2.05, 4.69) is 5.32 Å². The van der Waals surface area contributed by atoms with E-state index < -0.39 is 0 Å². The van der Waals surface area contributed by atoms with Crippen molar-refractivity contribution >= 4 is 6.29 Å². The monoisotopic (exact) mass is 268 g/mol. The fourth-order valence-corrected chi connectivity index (χ4v) is 1.22. The van der Waals surface area contributed by atoms with Gasteiger partial charge < -0.3 is 11.1 Å². The van der Waals surface area contributed by atoms with Crippen molar-refractivity contribution in [2.45, 2.75) is 41.5 Å². The Morgan fingerprint density at radius 3 is 1.68 bits per heavy atom. The third-order valence-corrected chi connectivity index (χ3v) is 1.77. The van der Waals surface area contributed by atoms with E-state index in [0.717, 1.165) is 36.1 Å². The maximum absolute atomic E-state index is 10.3. The van der Waals surface area contributed by atoms with Gasteiger partial charge >= 0.3 is 0 Å². The molecule has 0 fully saturated rings. The molecule has 0 aliphatic rings. The first-order chi connectivity index (χ1) is 9.13. The Labute approximate surface area is 119 Å². The molecule has 0 spiro atoms. The average molecular weight is 268 g/mol. The van der Waals surface area contributed by atoms with Gasteiger partial charge in [0.2, 0.25) is 0 Å². The maximum atomic E-state index is 10.3. The highest BCUT2D eigenvalue weighted by Crippen LogP contribution is 2.05. The molecule has 112 valence electrons. The zero-order chi connectivity index (χ0) is 15.7. The molecule has 0 amide bonds. The number of carbonyl (C=O) groups is 1. The molecule has 0 bridgehead atoms. The molecule has 0 aliphatic heterocycles. The number of nitrogens with two attached hydrogens (primary N) is 1. The summed E-state index contributed by atoms with van der Waals surface area (Å²) in [7, 11) is 1.88. The van der Waals surface area contributed by atoms with E-state index in [1.807, 2.05) is 66.8 Å². The zero-order valence-electron chi connectivity index (χ0n) is 13.7. The molecule has 0 aliphatic carbocycles. The van der Waals surface area contributed by atoms with Gasteiger partial charge in [0, 0.05) is 18.7 Å². The number of benzene rings is 1. The SMILES string of the molecule is CC.CC.CNCCN.Cc1cc(C)cc(C=O)c1. The van der Waals surface area contributed by atoms with Gasteiger partial charge in [-0.05, 0) is 33.0 Å². The lowest BCUT2D eigenvalue weighted by molar-refractivity contribution is 0.112. The summed E-state index contributed by atoms with van der Waals surface area (Å²) in [6.45, 7) is 13.6. The van der Waals surface area contributed by atoms with E-state index in [4.69, 9.17) is 5.73 Å². The van der Waals surface area contributed by atoms with Crippen LogP contribution in [0.2, 0.25) is 0 Å². The van der Waals surface area contributed by atoms with Crippen molar-refractivity contribution in [3.63, 3.8) is 0 Å². The number of rotatable bonds is 3. The number of nitrogens with one attached hydrogen (secondary N) is 1. The molecule has 3 nitrogen and oxygen atoms in total. The summed E-state index contributed by atoms with van der Waals surface area (Å²) in [5.74, 6) is 0. The molecule has 1 rings (SSSR count). The molecule has 1 aromatic carbocycles. The molecule has 3 N–H and O–H groups in total. The van der Waals surface area contributed by atoms with Gasteiger partial charge in [-0.2, -0.15) is 0 Å². The van der Waals surface area contributed by atoms with Crippen molar-refractivity contribution in [1.29, 1.82) is 0 Å². The largest absolute Gasteiger partial charge is 0.329 e. The lowest BCUT2D eigenvalue weighted by Crippen LogP contribution is -2.17. The molecule has 1 aromatic rings. The number of hydrogen-bond acceptors (Lipinski definition) is 3. The summed E-state index contributed by atoms with van der Waals surface area (Å²) < 4.78 is 0. The predicted molar refractivity (Wildman–Crippen MR) is 87.0 cm³/mol. The number of carbonyl (C=O) groups excluding carboxylic acids is 1. The Kier molecular flexibility index (Phi) is 23.1. The number of likely N-dealkylation sites (N-methyl/N-ethyl adjacent to an activating group) is 1. The normalized spacial score (nSPS) is 7.79. The Balaban J connectivity index is -0.000000242. The molecule has 0 heterocycles. The summed E-state index contributed by atoms with van der Waals surface area (Å²) in [4.78, 5) is 10.3. The number of aldehydes is 1. The van der Waals surface area contributed by atoms with Crippen LogP contribution in [0.3, 0.4) is 0 Å². The second-order valence-electron chi connectivity index (χ2n) is 3.43. The first kappa shape index (κ1) is 22.9. The highest BCUT2D eigenvalue weighted by molar-refractivity contribution is 5.75. The molecule has 0 unspecified atom stereocenters. The van der Waals surface area contributed by atoms with Crippen LogP contribution in [0.1, 0.15) is 49.2 Å². The Hall–Kier alpha value is -1.19. The van der Waals surface area contributed by atoms with Crippen LogP contribution in [0.15, 0.2) is 18.2 Å². The summed E-state index contributed by atoms with van der Waals surface area (Å²) >= 11 is 0. The van der Waals surface area contributed by atoms with Crippen molar-refractivity contribution in [3.05, 3.63) is 34.9 Å². The van der Waals surface area contributed by atoms with Gasteiger partial charge in [-0.15, -0.1) is 0 Å². The van der Waals surface area contributed by atoms with Crippen molar-refractivity contribution < 1.29 is 4.79 Å². The van der Waals surface area contributed by atoms with Crippen LogP contribution in [-0.2, 0) is 0 Å². The van der Waals surface area contributed by atoms with E-state index in [1.165, 1.54) is 0 Å². The number of aryl methyl sites for hydroxylation is 2. The molecule has 0 atom stereocenters. The quantitative estimate of drug-likeness (QED) is 0.827. The van der Waals surface area contributed by atoms with Crippen molar-refractivity contribution in [1.82, 2.24) is 5.32 Å². The first-order valence-electron chi connectivity index (χ1n) is 7.02. The van der Waals surface area contributed by atoms with Crippen LogP contribution in [0.25, 0.3) is 0 Å². The molecule has 19 heavy (non-hydrogen) atoms. The second-order valence-corrected chi connectivity index (χ2v) is 3.43. The molecular formula is C16H32N2O. The smallest absolute Gasteiger partial charge is 0.150 e. The highest BCUT2D eigenvalue weighted by Gasteiger charge is 1.91. The predicted octanol–water partition coefficient (Wildman–Crippen LogP) is 3.33. The molecule has 0 saturated heterocycles. The lowest BCUT2D eigenvalue weighted by atomic mass is 10.1. The van der Waals surface area contributed by atoms with Gasteiger partial charge in [-0.3, -0.25) is 4.79 Å². The minimum Gasteiger partial charge on any atom is -0.329 e. The van der Waals surface area contributed by atoms with E-state index in [9.17, 15) is 4.79 Å². The minimum atomic E-state index is 0.733. The molecule has 0 radical (unpaired) electrons. The van der Waals surface area contributed by atoms with Crippen LogP contribution < -0.4 is 11.1 Å². The molecule has 3 heteroatoms. The van der Waals surface area contributed by atoms with Crippen LogP contribution in [0.5, 0.6) is 0 Å². The zero-order valence-corrected chi connectivity index (χ0v) is 13.7. The van der Waals surface area contributed by atoms with E-state index in [0.29, 0.717) is 0 Å². The minimum absolute atomic E-state index is 0.733. The van der Waals surface area contributed by atoms with Crippen LogP contribution in [0.4, 0.5) is 0 Å². The van der Waals surface area contributed by atoms with Crippen LogP contribution in [0, 0.1) is 13.8 Å². The summed E-state index contributed by atoms with van der Waals surface area (Å²) in [5.41, 5.74) is 8.12. The third-order valence-electron chi connectivity index (χ3n) is 1.77. The second kappa shape index (κ2) is 19.2. The molecule has 0 saturated carbocycles. The average Bonchev–Trinajstić information content (AvgIpc) is 2.44. The first-order valence-corrected chi connectivity index (χ1v) is 7.02. The highest BCUT2D eigenvalue weighted by atomic mass is 16.1. The Morgan fingerprint density at radius 1 is 1.05 bits per heavy atom. The van der Waals surface area contributed by atoms with Crippen molar-refractivity contribution in [3.8, 4) is 0 Å². The van der Waals surface area contributed by atoms with Gasteiger partial charge in [0.15, 0.2) is 0 Å². The van der Waals surface area contributed by atoms with E-state index in [1.54, 1.807) is 0 Å². The van der Waals surface area contributed by atoms with Gasteiger partial charge in [0.05, 0.1) is 0 Å². The van der Waals surface area contributed by atoms with Crippen molar-refractivity contribution in [2.24, 2.45) is 5.73 Å². The van der Waals surface area contributed by atoms with Crippen LogP contribution >= 0.6 is 0 Å². The van der Waals surface area contributed by atoms with Crippen molar-refractivity contribution in [2.75, 3.05) is 20.1 Å². The van der Waals surface area contributed by atoms with Gasteiger partial charge in [0.25, 0.3) is 0 Å². The maximum Gasteiger partial charge on any atom is 0.150 e. The fourth-order valence-electron chi connectivity index (χ4n) is 1.22. The van der Waals surface area contributed by atoms with Gasteiger partial charge in [-0.25, -0.2) is 0 Å². The molecular weight excluding hydrogens is 236 g/mol. The Morgan fingerprint density at radius 2 is 1.47 bits per heavy atom. The lowest BCUT2D eigenvalue weighted by Gasteiger charge is -1.96. The fraction of sp³-hybridized carbons (Fsp3) is 0.562. The Bertz CT molecular complexity index is 277. The van der Waals surface area contributed by atoms with Gasteiger partial charge in [-0.1, -0.05) is 44.9 Å².